The molecule has 25 heavy (non-hydrogen) atoms. The van der Waals surface area contributed by atoms with Crippen LogP contribution in [0, 0.1) is 6.92 Å². The van der Waals surface area contributed by atoms with E-state index >= 15 is 0 Å². The van der Waals surface area contributed by atoms with Gasteiger partial charge in [-0.2, -0.15) is 0 Å². The second kappa shape index (κ2) is 7.04. The molecule has 3 aromatic rings. The Kier molecular flexibility index (Phi) is 4.82. The van der Waals surface area contributed by atoms with E-state index in [1.807, 2.05) is 6.92 Å². The summed E-state index contributed by atoms with van der Waals surface area (Å²) in [5.41, 5.74) is 1.46. The Balaban J connectivity index is 1.84. The second-order valence-corrected chi connectivity index (χ2v) is 7.82. The van der Waals surface area contributed by atoms with Crippen LogP contribution in [0.4, 0.5) is 11.5 Å². The van der Waals surface area contributed by atoms with Crippen molar-refractivity contribution < 1.29 is 13.2 Å². The minimum atomic E-state index is -3.87. The van der Waals surface area contributed by atoms with Gasteiger partial charge in [-0.15, -0.1) is 11.3 Å². The Morgan fingerprint density at radius 1 is 1.08 bits per heavy atom. The molecule has 2 N–H and O–H groups in total. The normalized spacial score (nSPS) is 11.1. The lowest BCUT2D eigenvalue weighted by Crippen LogP contribution is -2.18. The standard InChI is InChI=1S/C17H15N3O3S2/c1-12-5-7-13(8-6-12)20-25(22,23)14-9-11-24-16(14)17(21)19-15-4-2-3-10-18-15/h2-11,20H,1H3,(H,18,19,21). The number of hydrogen-bond acceptors (Lipinski definition) is 5. The molecule has 8 heteroatoms. The molecule has 0 unspecified atom stereocenters. The minimum absolute atomic E-state index is 0.0634. The monoisotopic (exact) mass is 373 g/mol. The van der Waals surface area contributed by atoms with Crippen LogP contribution in [0.3, 0.4) is 0 Å². The van der Waals surface area contributed by atoms with Crippen LogP contribution in [0.15, 0.2) is 65.0 Å². The molecule has 0 saturated carbocycles. The van der Waals surface area contributed by atoms with Crippen molar-refractivity contribution in [1.82, 2.24) is 4.98 Å². The van der Waals surface area contributed by atoms with Gasteiger partial charge in [0.15, 0.2) is 0 Å². The number of benzene rings is 1. The number of thiophene rings is 1. The molecule has 0 aliphatic carbocycles. The molecule has 1 amide bonds. The SMILES string of the molecule is Cc1ccc(NS(=O)(=O)c2ccsc2C(=O)Nc2ccccn2)cc1. The minimum Gasteiger partial charge on any atom is -0.306 e. The fraction of sp³-hybridized carbons (Fsp3) is 0.0588. The number of aryl methyl sites for hydroxylation is 1. The van der Waals surface area contributed by atoms with E-state index in [1.165, 1.54) is 6.07 Å². The highest BCUT2D eigenvalue weighted by Crippen LogP contribution is 2.25. The van der Waals surface area contributed by atoms with Crippen molar-refractivity contribution in [2.75, 3.05) is 10.0 Å². The number of nitrogens with zero attached hydrogens (tertiary/aromatic N) is 1. The number of pyridine rings is 1. The summed E-state index contributed by atoms with van der Waals surface area (Å²) in [6, 6.07) is 13.5. The van der Waals surface area contributed by atoms with Crippen LogP contribution in [0.1, 0.15) is 15.2 Å². The molecule has 6 nitrogen and oxygen atoms in total. The largest absolute Gasteiger partial charge is 0.306 e. The number of amides is 1. The zero-order chi connectivity index (χ0) is 17.9. The molecular formula is C17H15N3O3S2. The van der Waals surface area contributed by atoms with Gasteiger partial charge in [0.05, 0.1) is 0 Å². The number of aromatic nitrogens is 1. The van der Waals surface area contributed by atoms with Gasteiger partial charge < -0.3 is 5.32 Å². The van der Waals surface area contributed by atoms with E-state index in [-0.39, 0.29) is 9.77 Å². The van der Waals surface area contributed by atoms with E-state index in [2.05, 4.69) is 15.0 Å². The molecule has 0 spiro atoms. The van der Waals surface area contributed by atoms with Gasteiger partial charge in [0, 0.05) is 11.9 Å². The van der Waals surface area contributed by atoms with Crippen LogP contribution in [-0.4, -0.2) is 19.3 Å². The Morgan fingerprint density at radius 2 is 1.84 bits per heavy atom. The maximum atomic E-state index is 12.6. The fourth-order valence-corrected chi connectivity index (χ4v) is 4.50. The maximum Gasteiger partial charge on any atom is 0.268 e. The highest BCUT2D eigenvalue weighted by molar-refractivity contribution is 7.93. The van der Waals surface area contributed by atoms with Crippen molar-refractivity contribution in [1.29, 1.82) is 0 Å². The molecule has 128 valence electrons. The lowest BCUT2D eigenvalue weighted by atomic mass is 10.2. The Bertz CT molecular complexity index is 981. The van der Waals surface area contributed by atoms with E-state index < -0.39 is 15.9 Å². The van der Waals surface area contributed by atoms with E-state index in [0.717, 1.165) is 16.9 Å². The predicted molar refractivity (Wildman–Crippen MR) is 98.5 cm³/mol. The molecule has 3 rings (SSSR count). The molecule has 0 atom stereocenters. The predicted octanol–water partition coefficient (Wildman–Crippen LogP) is 3.50. The molecule has 2 heterocycles. The molecule has 2 aromatic heterocycles. The average molecular weight is 373 g/mol. The summed E-state index contributed by atoms with van der Waals surface area (Å²) in [4.78, 5) is 16.4. The van der Waals surface area contributed by atoms with Crippen molar-refractivity contribution >= 4 is 38.8 Å². The number of nitrogens with one attached hydrogen (secondary N) is 2. The quantitative estimate of drug-likeness (QED) is 0.716. The average Bonchev–Trinajstić information content (AvgIpc) is 3.09. The number of carbonyl (C=O) groups is 1. The van der Waals surface area contributed by atoms with Gasteiger partial charge in [0.25, 0.3) is 15.9 Å². The van der Waals surface area contributed by atoms with Gasteiger partial charge in [0.2, 0.25) is 0 Å². The van der Waals surface area contributed by atoms with E-state index in [0.29, 0.717) is 11.5 Å². The van der Waals surface area contributed by atoms with Gasteiger partial charge in [0.1, 0.15) is 15.6 Å². The third-order valence-electron chi connectivity index (χ3n) is 3.34. The second-order valence-electron chi connectivity index (χ2n) is 5.25. The van der Waals surface area contributed by atoms with Gasteiger partial charge in [-0.25, -0.2) is 13.4 Å². The van der Waals surface area contributed by atoms with Crippen LogP contribution in [0.2, 0.25) is 0 Å². The Labute approximate surface area is 149 Å². The molecule has 0 radical (unpaired) electrons. The van der Waals surface area contributed by atoms with E-state index in [4.69, 9.17) is 0 Å². The molecule has 0 aliphatic heterocycles. The summed E-state index contributed by atoms with van der Waals surface area (Å²) in [6.45, 7) is 1.91. The first-order valence-corrected chi connectivity index (χ1v) is 9.71. The molecule has 0 aliphatic rings. The number of rotatable bonds is 5. The van der Waals surface area contributed by atoms with E-state index in [9.17, 15) is 13.2 Å². The number of hydrogen-bond donors (Lipinski definition) is 2. The van der Waals surface area contributed by atoms with Gasteiger partial charge >= 0.3 is 0 Å². The molecule has 0 fully saturated rings. The van der Waals surface area contributed by atoms with Gasteiger partial charge in [-0.05, 0) is 42.6 Å². The number of sulfonamides is 1. The fourth-order valence-electron chi connectivity index (χ4n) is 2.12. The zero-order valence-corrected chi connectivity index (χ0v) is 14.9. The summed E-state index contributed by atoms with van der Waals surface area (Å²) in [6.07, 6.45) is 1.54. The highest BCUT2D eigenvalue weighted by Gasteiger charge is 2.24. The lowest BCUT2D eigenvalue weighted by molar-refractivity contribution is 0.102. The molecule has 1 aromatic carbocycles. The summed E-state index contributed by atoms with van der Waals surface area (Å²) in [5.74, 6) is -0.159. The van der Waals surface area contributed by atoms with Crippen LogP contribution < -0.4 is 10.0 Å². The summed E-state index contributed by atoms with van der Waals surface area (Å²) in [5, 5.41) is 4.16. The Morgan fingerprint density at radius 3 is 2.52 bits per heavy atom. The van der Waals surface area contributed by atoms with Crippen LogP contribution in [0.25, 0.3) is 0 Å². The molecular weight excluding hydrogens is 358 g/mol. The van der Waals surface area contributed by atoms with Crippen molar-refractivity contribution in [3.63, 3.8) is 0 Å². The zero-order valence-electron chi connectivity index (χ0n) is 13.3. The summed E-state index contributed by atoms with van der Waals surface area (Å²) < 4.78 is 27.7. The van der Waals surface area contributed by atoms with Crippen LogP contribution in [0.5, 0.6) is 0 Å². The van der Waals surface area contributed by atoms with Crippen molar-refractivity contribution in [2.24, 2.45) is 0 Å². The first kappa shape index (κ1) is 17.1. The van der Waals surface area contributed by atoms with Crippen molar-refractivity contribution in [3.8, 4) is 0 Å². The van der Waals surface area contributed by atoms with Crippen LogP contribution in [-0.2, 0) is 10.0 Å². The highest BCUT2D eigenvalue weighted by atomic mass is 32.2. The third-order valence-corrected chi connectivity index (χ3v) is 5.80. The maximum absolute atomic E-state index is 12.6. The smallest absolute Gasteiger partial charge is 0.268 e. The summed E-state index contributed by atoms with van der Waals surface area (Å²) >= 11 is 1.06. The topological polar surface area (TPSA) is 88.2 Å². The summed E-state index contributed by atoms with van der Waals surface area (Å²) in [7, 11) is -3.87. The van der Waals surface area contributed by atoms with Crippen molar-refractivity contribution in [3.05, 3.63) is 70.5 Å². The van der Waals surface area contributed by atoms with Crippen molar-refractivity contribution in [2.45, 2.75) is 11.8 Å². The first-order valence-electron chi connectivity index (χ1n) is 7.35. The third kappa shape index (κ3) is 4.04. The Hall–Kier alpha value is -2.71. The van der Waals surface area contributed by atoms with Gasteiger partial charge in [-0.1, -0.05) is 23.8 Å². The van der Waals surface area contributed by atoms with Crippen LogP contribution >= 0.6 is 11.3 Å². The number of anilines is 2. The van der Waals surface area contributed by atoms with E-state index in [1.54, 1.807) is 54.0 Å². The van der Waals surface area contributed by atoms with Gasteiger partial charge in [-0.3, -0.25) is 9.52 Å². The first-order chi connectivity index (χ1) is 12.0. The molecule has 0 saturated heterocycles. The molecule has 0 bridgehead atoms. The lowest BCUT2D eigenvalue weighted by Gasteiger charge is -2.09. The number of carbonyl (C=O) groups excluding carboxylic acids is 1.